The number of pyridine rings is 1. The number of benzene rings is 1. The summed E-state index contributed by atoms with van der Waals surface area (Å²) in [5.74, 6) is -0.0591. The average Bonchev–Trinajstić information content (AvgIpc) is 2.87. The van der Waals surface area contributed by atoms with Gasteiger partial charge in [0.15, 0.2) is 5.65 Å². The molecule has 0 aliphatic carbocycles. The van der Waals surface area contributed by atoms with E-state index in [1.54, 1.807) is 6.20 Å². The first-order valence-corrected chi connectivity index (χ1v) is 6.95. The summed E-state index contributed by atoms with van der Waals surface area (Å²) in [4.78, 5) is 23.4. The van der Waals surface area contributed by atoms with E-state index in [2.05, 4.69) is 36.2 Å². The maximum Gasteiger partial charge on any atom is 0.251 e. The van der Waals surface area contributed by atoms with Crippen LogP contribution in [0.5, 0.6) is 0 Å². The predicted molar refractivity (Wildman–Crippen MR) is 79.2 cm³/mol. The molecule has 0 atom stereocenters. The summed E-state index contributed by atoms with van der Waals surface area (Å²) in [6.45, 7) is 0.240. The van der Waals surface area contributed by atoms with Crippen molar-refractivity contribution in [3.05, 3.63) is 58.2 Å². The number of carbonyl (C=O) groups is 1. The van der Waals surface area contributed by atoms with Gasteiger partial charge in [0.25, 0.3) is 5.91 Å². The normalized spacial score (nSPS) is 10.8. The molecule has 21 heavy (non-hydrogen) atoms. The number of carbonyl (C=O) groups excluding carboxylic acids is 1. The van der Waals surface area contributed by atoms with Crippen molar-refractivity contribution in [2.24, 2.45) is 0 Å². The van der Waals surface area contributed by atoms with E-state index in [0.717, 1.165) is 9.99 Å². The van der Waals surface area contributed by atoms with E-state index in [1.165, 1.54) is 24.3 Å². The van der Waals surface area contributed by atoms with E-state index in [0.29, 0.717) is 17.0 Å². The Kier molecular flexibility index (Phi) is 3.66. The highest BCUT2D eigenvalue weighted by Crippen LogP contribution is 2.15. The second-order valence-electron chi connectivity index (χ2n) is 4.40. The fourth-order valence-electron chi connectivity index (χ4n) is 1.88. The average molecular weight is 349 g/mol. The fourth-order valence-corrected chi connectivity index (χ4v) is 2.21. The van der Waals surface area contributed by atoms with Gasteiger partial charge >= 0.3 is 0 Å². The van der Waals surface area contributed by atoms with E-state index in [9.17, 15) is 9.18 Å². The fraction of sp³-hybridized carbons (Fsp3) is 0.0714. The van der Waals surface area contributed by atoms with Crippen LogP contribution >= 0.6 is 15.9 Å². The molecule has 0 radical (unpaired) electrons. The molecule has 0 saturated heterocycles. The first-order valence-electron chi connectivity index (χ1n) is 6.16. The minimum atomic E-state index is -0.375. The Hall–Kier alpha value is -2.28. The van der Waals surface area contributed by atoms with Crippen LogP contribution in [0, 0.1) is 5.82 Å². The summed E-state index contributed by atoms with van der Waals surface area (Å²) < 4.78 is 13.6. The van der Waals surface area contributed by atoms with Crippen LogP contribution in [0.2, 0.25) is 0 Å². The Labute approximate surface area is 127 Å². The van der Waals surface area contributed by atoms with Crippen LogP contribution in [0.15, 0.2) is 41.0 Å². The maximum absolute atomic E-state index is 12.8. The number of fused-ring (bicyclic) bond motifs is 1. The van der Waals surface area contributed by atoms with Crippen LogP contribution in [0.1, 0.15) is 16.2 Å². The van der Waals surface area contributed by atoms with E-state index in [-0.39, 0.29) is 18.3 Å². The molecule has 2 heterocycles. The van der Waals surface area contributed by atoms with Crippen molar-refractivity contribution in [1.29, 1.82) is 0 Å². The van der Waals surface area contributed by atoms with Crippen molar-refractivity contribution < 1.29 is 9.18 Å². The summed E-state index contributed by atoms with van der Waals surface area (Å²) in [6, 6.07) is 7.22. The van der Waals surface area contributed by atoms with Crippen molar-refractivity contribution >= 4 is 33.0 Å². The van der Waals surface area contributed by atoms with Crippen molar-refractivity contribution in [1.82, 2.24) is 20.3 Å². The first-order chi connectivity index (χ1) is 10.1. The summed E-state index contributed by atoms with van der Waals surface area (Å²) in [5.41, 5.74) is 1.77. The van der Waals surface area contributed by atoms with E-state index >= 15 is 0 Å². The number of halogens is 2. The van der Waals surface area contributed by atoms with Crippen molar-refractivity contribution in [2.45, 2.75) is 6.54 Å². The molecular weight excluding hydrogens is 339 g/mol. The Morgan fingerprint density at radius 1 is 1.33 bits per heavy atom. The third kappa shape index (κ3) is 3.08. The second-order valence-corrected chi connectivity index (χ2v) is 5.31. The van der Waals surface area contributed by atoms with Crippen molar-refractivity contribution in [2.75, 3.05) is 0 Å². The number of hydrogen-bond acceptors (Lipinski definition) is 3. The van der Waals surface area contributed by atoms with Gasteiger partial charge in [0.2, 0.25) is 0 Å². The number of aromatic nitrogens is 3. The molecule has 2 aromatic heterocycles. The van der Waals surface area contributed by atoms with Gasteiger partial charge in [-0.05, 0) is 46.3 Å². The van der Waals surface area contributed by atoms with Gasteiger partial charge in [-0.1, -0.05) is 0 Å². The van der Waals surface area contributed by atoms with E-state index in [4.69, 9.17) is 0 Å². The summed E-state index contributed by atoms with van der Waals surface area (Å²) >= 11 is 3.33. The molecule has 0 aliphatic heterocycles. The van der Waals surface area contributed by atoms with Gasteiger partial charge in [-0.15, -0.1) is 0 Å². The minimum absolute atomic E-state index is 0.240. The SMILES string of the molecule is O=C(NCc1nc2ncc(Br)cc2[nH]1)c1ccc(F)cc1. The third-order valence-corrected chi connectivity index (χ3v) is 3.31. The molecule has 0 bridgehead atoms. The highest BCUT2D eigenvalue weighted by Gasteiger charge is 2.08. The predicted octanol–water partition coefficient (Wildman–Crippen LogP) is 2.79. The summed E-state index contributed by atoms with van der Waals surface area (Å²) in [6.07, 6.45) is 1.66. The Balaban J connectivity index is 1.71. The number of nitrogens with one attached hydrogen (secondary N) is 2. The topological polar surface area (TPSA) is 70.7 Å². The van der Waals surface area contributed by atoms with Crippen LogP contribution < -0.4 is 5.32 Å². The van der Waals surface area contributed by atoms with Crippen LogP contribution in [-0.4, -0.2) is 20.9 Å². The highest BCUT2D eigenvalue weighted by atomic mass is 79.9. The number of hydrogen-bond donors (Lipinski definition) is 2. The molecule has 0 unspecified atom stereocenters. The number of H-pyrrole nitrogens is 1. The molecule has 1 aromatic carbocycles. The summed E-state index contributed by atoms with van der Waals surface area (Å²) in [5, 5.41) is 2.72. The van der Waals surface area contributed by atoms with Gasteiger partial charge in [0.1, 0.15) is 11.6 Å². The lowest BCUT2D eigenvalue weighted by molar-refractivity contribution is 0.0950. The van der Waals surface area contributed by atoms with Gasteiger partial charge in [-0.2, -0.15) is 0 Å². The highest BCUT2D eigenvalue weighted by molar-refractivity contribution is 9.10. The van der Waals surface area contributed by atoms with Crippen LogP contribution in [-0.2, 0) is 6.54 Å². The van der Waals surface area contributed by atoms with Gasteiger partial charge in [0.05, 0.1) is 12.1 Å². The summed E-state index contributed by atoms with van der Waals surface area (Å²) in [7, 11) is 0. The number of rotatable bonds is 3. The molecule has 106 valence electrons. The van der Waals surface area contributed by atoms with Crippen molar-refractivity contribution in [3.8, 4) is 0 Å². The zero-order valence-corrected chi connectivity index (χ0v) is 12.3. The lowest BCUT2D eigenvalue weighted by Gasteiger charge is -2.02. The molecule has 0 aliphatic rings. The lowest BCUT2D eigenvalue weighted by atomic mass is 10.2. The molecule has 3 aromatic rings. The maximum atomic E-state index is 12.8. The molecule has 7 heteroatoms. The number of nitrogens with zero attached hydrogens (tertiary/aromatic N) is 2. The van der Waals surface area contributed by atoms with Crippen LogP contribution in [0.3, 0.4) is 0 Å². The largest absolute Gasteiger partial charge is 0.345 e. The smallest absolute Gasteiger partial charge is 0.251 e. The van der Waals surface area contributed by atoms with E-state index < -0.39 is 0 Å². The Morgan fingerprint density at radius 2 is 2.10 bits per heavy atom. The molecule has 0 saturated carbocycles. The van der Waals surface area contributed by atoms with E-state index in [1.807, 2.05) is 6.07 Å². The minimum Gasteiger partial charge on any atom is -0.345 e. The van der Waals surface area contributed by atoms with Gasteiger partial charge in [-0.3, -0.25) is 4.79 Å². The molecule has 0 fully saturated rings. The molecule has 1 amide bonds. The Bertz CT molecular complexity index is 800. The Morgan fingerprint density at radius 3 is 2.86 bits per heavy atom. The third-order valence-electron chi connectivity index (χ3n) is 2.88. The number of aromatic amines is 1. The molecule has 2 N–H and O–H groups in total. The van der Waals surface area contributed by atoms with Gasteiger partial charge < -0.3 is 10.3 Å². The second kappa shape index (κ2) is 5.61. The van der Waals surface area contributed by atoms with Gasteiger partial charge in [0, 0.05) is 16.2 Å². The van der Waals surface area contributed by atoms with Gasteiger partial charge in [-0.25, -0.2) is 14.4 Å². The van der Waals surface area contributed by atoms with Crippen LogP contribution in [0.25, 0.3) is 11.2 Å². The zero-order chi connectivity index (χ0) is 14.8. The quantitative estimate of drug-likeness (QED) is 0.764. The molecule has 5 nitrogen and oxygen atoms in total. The van der Waals surface area contributed by atoms with Crippen LogP contribution in [0.4, 0.5) is 4.39 Å². The van der Waals surface area contributed by atoms with Crippen molar-refractivity contribution in [3.63, 3.8) is 0 Å². The standard InChI is InChI=1S/C14H10BrFN4O/c15-9-5-11-13(17-6-9)20-12(19-11)7-18-14(21)8-1-3-10(16)4-2-8/h1-6H,7H2,(H,18,21)(H,17,19,20). The lowest BCUT2D eigenvalue weighted by Crippen LogP contribution is -2.23. The molecule has 3 rings (SSSR count). The zero-order valence-electron chi connectivity index (χ0n) is 10.7. The molecule has 0 spiro atoms. The number of imidazole rings is 1. The first kappa shape index (κ1) is 13.7. The number of amides is 1. The molecular formula is C14H10BrFN4O. The monoisotopic (exact) mass is 348 g/mol.